The van der Waals surface area contributed by atoms with Crippen molar-refractivity contribution in [1.82, 2.24) is 20.9 Å². The maximum Gasteiger partial charge on any atom is 0.243 e. The summed E-state index contributed by atoms with van der Waals surface area (Å²) in [5.74, 6) is 0.296. The van der Waals surface area contributed by atoms with Gasteiger partial charge in [-0.1, -0.05) is 30.3 Å². The minimum Gasteiger partial charge on any atom is -0.508 e. The van der Waals surface area contributed by atoms with Gasteiger partial charge in [-0.05, 0) is 81.7 Å². The van der Waals surface area contributed by atoms with Gasteiger partial charge in [0.1, 0.15) is 29.7 Å². The third-order valence-electron chi connectivity index (χ3n) is 8.03. The predicted molar refractivity (Wildman–Crippen MR) is 153 cm³/mol. The number of aromatic hydroxyl groups is 1. The van der Waals surface area contributed by atoms with E-state index in [1.807, 2.05) is 38.1 Å². The summed E-state index contributed by atoms with van der Waals surface area (Å²) in [7, 11) is 1.64. The van der Waals surface area contributed by atoms with Crippen LogP contribution in [0.25, 0.3) is 0 Å². The lowest BCUT2D eigenvalue weighted by Crippen LogP contribution is -2.58. The Kier molecular flexibility index (Phi) is 9.68. The van der Waals surface area contributed by atoms with Crippen LogP contribution in [-0.4, -0.2) is 71.6 Å². The summed E-state index contributed by atoms with van der Waals surface area (Å²) in [6.45, 7) is 6.13. The number of hydrogen-bond acceptors (Lipinski definition) is 6. The van der Waals surface area contributed by atoms with Crippen LogP contribution in [-0.2, 0) is 27.2 Å². The van der Waals surface area contributed by atoms with E-state index < -0.39 is 24.0 Å². The topological polar surface area (TPSA) is 120 Å². The van der Waals surface area contributed by atoms with E-state index in [1.165, 1.54) is 4.90 Å². The highest BCUT2D eigenvalue weighted by atomic mass is 16.5. The SMILES string of the molecule is C[C@@H]1N[C@@H](C2CC2)C(=O)N(C)[C@H](C)C(=O)N[C@H](Cc2ccc(O)cc2)C(=O)NCCCc2ccccc2O[C@@H]1C. The van der Waals surface area contributed by atoms with Crippen LogP contribution in [0.1, 0.15) is 51.2 Å². The molecule has 1 fully saturated rings. The van der Waals surface area contributed by atoms with Gasteiger partial charge in [0.05, 0.1) is 6.04 Å². The second-order valence-electron chi connectivity index (χ2n) is 11.2. The molecule has 4 rings (SSSR count). The predicted octanol–water partition coefficient (Wildman–Crippen LogP) is 2.55. The average molecular weight is 551 g/mol. The first kappa shape index (κ1) is 29.4. The van der Waals surface area contributed by atoms with Crippen molar-refractivity contribution in [2.45, 2.75) is 83.1 Å². The van der Waals surface area contributed by atoms with Crippen LogP contribution < -0.4 is 20.7 Å². The van der Waals surface area contributed by atoms with Gasteiger partial charge in [-0.2, -0.15) is 0 Å². The molecule has 216 valence electrons. The highest BCUT2D eigenvalue weighted by Crippen LogP contribution is 2.34. The number of phenolic OH excluding ortho intramolecular Hbond substituents is 1. The normalized spacial score (nSPS) is 27.4. The molecule has 4 N–H and O–H groups in total. The number of carbonyl (C=O) groups excluding carboxylic acids is 3. The lowest BCUT2D eigenvalue weighted by molar-refractivity contribution is -0.141. The maximum absolute atomic E-state index is 13.6. The molecule has 9 heteroatoms. The summed E-state index contributed by atoms with van der Waals surface area (Å²) >= 11 is 0. The monoisotopic (exact) mass is 550 g/mol. The number of rotatable bonds is 3. The van der Waals surface area contributed by atoms with E-state index in [0.29, 0.717) is 19.4 Å². The van der Waals surface area contributed by atoms with Crippen LogP contribution in [0.4, 0.5) is 0 Å². The minimum atomic E-state index is -0.837. The van der Waals surface area contributed by atoms with Gasteiger partial charge in [0, 0.05) is 26.1 Å². The number of benzene rings is 2. The van der Waals surface area contributed by atoms with Crippen molar-refractivity contribution in [1.29, 1.82) is 0 Å². The zero-order valence-electron chi connectivity index (χ0n) is 23.9. The summed E-state index contributed by atoms with van der Waals surface area (Å²) in [5, 5.41) is 19.0. The number of likely N-dealkylation sites (N-methyl/N-ethyl adjacent to an activating group) is 1. The molecule has 1 saturated carbocycles. The van der Waals surface area contributed by atoms with E-state index in [0.717, 1.165) is 29.7 Å². The lowest BCUT2D eigenvalue weighted by Gasteiger charge is -2.33. The second kappa shape index (κ2) is 13.2. The number of fused-ring (bicyclic) bond motifs is 1. The van der Waals surface area contributed by atoms with E-state index in [4.69, 9.17) is 4.74 Å². The average Bonchev–Trinajstić information content (AvgIpc) is 3.79. The van der Waals surface area contributed by atoms with E-state index in [9.17, 15) is 19.5 Å². The molecule has 2 aromatic rings. The van der Waals surface area contributed by atoms with Crippen LogP contribution in [0.5, 0.6) is 11.5 Å². The summed E-state index contributed by atoms with van der Waals surface area (Å²) in [5.41, 5.74) is 1.85. The van der Waals surface area contributed by atoms with Crippen molar-refractivity contribution in [2.24, 2.45) is 5.92 Å². The fourth-order valence-corrected chi connectivity index (χ4v) is 4.95. The molecule has 0 spiro atoms. The largest absolute Gasteiger partial charge is 0.508 e. The molecule has 0 saturated heterocycles. The van der Waals surface area contributed by atoms with Crippen molar-refractivity contribution in [3.05, 3.63) is 59.7 Å². The molecule has 2 aromatic carbocycles. The summed E-state index contributed by atoms with van der Waals surface area (Å²) in [6, 6.07) is 12.3. The fourth-order valence-electron chi connectivity index (χ4n) is 4.95. The van der Waals surface area contributed by atoms with E-state index in [-0.39, 0.29) is 42.0 Å². The van der Waals surface area contributed by atoms with Crippen LogP contribution >= 0.6 is 0 Å². The molecule has 5 atom stereocenters. The van der Waals surface area contributed by atoms with Crippen molar-refractivity contribution >= 4 is 17.7 Å². The van der Waals surface area contributed by atoms with Crippen LogP contribution in [0.3, 0.4) is 0 Å². The molecule has 1 aliphatic heterocycles. The quantitative estimate of drug-likeness (QED) is 0.466. The molecule has 40 heavy (non-hydrogen) atoms. The molecule has 1 aliphatic carbocycles. The first-order chi connectivity index (χ1) is 19.1. The van der Waals surface area contributed by atoms with E-state index in [1.54, 1.807) is 38.2 Å². The van der Waals surface area contributed by atoms with Crippen LogP contribution in [0.2, 0.25) is 0 Å². The number of hydrogen-bond donors (Lipinski definition) is 4. The Labute approximate surface area is 236 Å². The van der Waals surface area contributed by atoms with E-state index >= 15 is 0 Å². The zero-order valence-corrected chi connectivity index (χ0v) is 23.9. The fraction of sp³-hybridized carbons (Fsp3) is 0.516. The number of phenols is 1. The Morgan fingerprint density at radius 2 is 1.68 bits per heavy atom. The number of para-hydroxylation sites is 1. The number of nitrogens with zero attached hydrogens (tertiary/aromatic N) is 1. The Bertz CT molecular complexity index is 1180. The summed E-state index contributed by atoms with van der Waals surface area (Å²) < 4.78 is 6.36. The van der Waals surface area contributed by atoms with Crippen molar-refractivity contribution < 1.29 is 24.2 Å². The molecule has 0 bridgehead atoms. The lowest BCUT2D eigenvalue weighted by atomic mass is 10.0. The van der Waals surface area contributed by atoms with Gasteiger partial charge in [0.2, 0.25) is 17.7 Å². The number of ether oxygens (including phenoxy) is 1. The number of aryl methyl sites for hydroxylation is 1. The molecular weight excluding hydrogens is 508 g/mol. The highest BCUT2D eigenvalue weighted by Gasteiger charge is 2.41. The Morgan fingerprint density at radius 3 is 2.38 bits per heavy atom. The Balaban J connectivity index is 1.59. The zero-order chi connectivity index (χ0) is 28.8. The molecule has 0 aromatic heterocycles. The van der Waals surface area contributed by atoms with Crippen LogP contribution in [0.15, 0.2) is 48.5 Å². The van der Waals surface area contributed by atoms with Crippen LogP contribution in [0, 0.1) is 5.92 Å². The third-order valence-corrected chi connectivity index (χ3v) is 8.03. The first-order valence-electron chi connectivity index (χ1n) is 14.3. The van der Waals surface area contributed by atoms with Gasteiger partial charge in [0.25, 0.3) is 0 Å². The summed E-state index contributed by atoms with van der Waals surface area (Å²) in [6.07, 6.45) is 3.38. The van der Waals surface area contributed by atoms with Gasteiger partial charge < -0.3 is 25.4 Å². The third kappa shape index (κ3) is 7.53. The standard InChI is InChI=1S/C31H42N4O5/c1-19-21(3)40-27-10-6-5-8-23(27)9-7-17-32-30(38)26(18-22-11-15-25(36)16-12-22)34-29(37)20(2)35(4)31(39)28(33-19)24-13-14-24/h5-6,8,10-12,15-16,19-21,24,26,28,33,36H,7,9,13-14,17-18H2,1-4H3,(H,32,38)(H,34,37)/t19-,20+,21+,26+,28-/m0/s1. The number of carbonyl (C=O) groups is 3. The van der Waals surface area contributed by atoms with E-state index in [2.05, 4.69) is 16.0 Å². The van der Waals surface area contributed by atoms with Gasteiger partial charge in [-0.25, -0.2) is 0 Å². The maximum atomic E-state index is 13.6. The van der Waals surface area contributed by atoms with Gasteiger partial charge in [-0.3, -0.25) is 19.7 Å². The first-order valence-corrected chi connectivity index (χ1v) is 14.3. The van der Waals surface area contributed by atoms with Crippen molar-refractivity contribution in [3.8, 4) is 11.5 Å². The van der Waals surface area contributed by atoms with Gasteiger partial charge >= 0.3 is 0 Å². The summed E-state index contributed by atoms with van der Waals surface area (Å²) in [4.78, 5) is 41.7. The smallest absolute Gasteiger partial charge is 0.243 e. The molecular formula is C31H42N4O5. The molecule has 3 amide bonds. The Hall–Kier alpha value is -3.59. The molecule has 9 nitrogen and oxygen atoms in total. The minimum absolute atomic E-state index is 0.104. The molecule has 0 radical (unpaired) electrons. The van der Waals surface area contributed by atoms with Crippen molar-refractivity contribution in [2.75, 3.05) is 13.6 Å². The Morgan fingerprint density at radius 1 is 0.975 bits per heavy atom. The molecule has 1 heterocycles. The molecule has 2 aliphatic rings. The number of nitrogens with one attached hydrogen (secondary N) is 3. The molecule has 0 unspecified atom stereocenters. The second-order valence-corrected chi connectivity index (χ2v) is 11.2. The highest BCUT2D eigenvalue weighted by molar-refractivity contribution is 5.93. The van der Waals surface area contributed by atoms with Crippen molar-refractivity contribution in [3.63, 3.8) is 0 Å². The number of amides is 3. The van der Waals surface area contributed by atoms with Gasteiger partial charge in [-0.15, -0.1) is 0 Å². The van der Waals surface area contributed by atoms with Gasteiger partial charge in [0.15, 0.2) is 0 Å².